The summed E-state index contributed by atoms with van der Waals surface area (Å²) in [5.41, 5.74) is 1.49. The highest BCUT2D eigenvalue weighted by Crippen LogP contribution is 2.34. The van der Waals surface area contributed by atoms with Crippen LogP contribution in [0.2, 0.25) is 0 Å². The van der Waals surface area contributed by atoms with E-state index < -0.39 is 0 Å². The molecule has 0 spiro atoms. The second-order valence-electron chi connectivity index (χ2n) is 3.36. The third-order valence-electron chi connectivity index (χ3n) is 2.59. The fourth-order valence-corrected chi connectivity index (χ4v) is 1.94. The maximum Gasteiger partial charge on any atom is 0.273 e. The number of hydrazine groups is 1. The fraction of sp³-hybridized carbons (Fsp3) is 0. The van der Waals surface area contributed by atoms with E-state index in [2.05, 4.69) is 0 Å². The van der Waals surface area contributed by atoms with Crippen LogP contribution in [0.15, 0.2) is 36.4 Å². The molecule has 14 heavy (non-hydrogen) atoms. The van der Waals surface area contributed by atoms with Gasteiger partial charge in [0.25, 0.3) is 5.91 Å². The predicted molar refractivity (Wildman–Crippen MR) is 54.9 cm³/mol. The first-order valence-electron chi connectivity index (χ1n) is 4.40. The van der Waals surface area contributed by atoms with Gasteiger partial charge >= 0.3 is 0 Å². The Balaban J connectivity index is 2.55. The molecule has 0 aromatic heterocycles. The van der Waals surface area contributed by atoms with Gasteiger partial charge in [0.2, 0.25) is 0 Å². The number of amides is 1. The van der Waals surface area contributed by atoms with Gasteiger partial charge in [0, 0.05) is 5.39 Å². The van der Waals surface area contributed by atoms with Gasteiger partial charge < -0.3 is 0 Å². The highest BCUT2D eigenvalue weighted by molar-refractivity contribution is 6.24. The molecule has 2 N–H and O–H groups in total. The van der Waals surface area contributed by atoms with Gasteiger partial charge in [-0.1, -0.05) is 24.3 Å². The van der Waals surface area contributed by atoms with Crippen LogP contribution in [-0.4, -0.2) is 5.91 Å². The van der Waals surface area contributed by atoms with Crippen LogP contribution >= 0.6 is 0 Å². The molecule has 1 aliphatic rings. The first-order valence-corrected chi connectivity index (χ1v) is 4.40. The largest absolute Gasteiger partial charge is 0.273 e. The average molecular weight is 184 g/mol. The highest BCUT2D eigenvalue weighted by atomic mass is 16.2. The summed E-state index contributed by atoms with van der Waals surface area (Å²) in [6.07, 6.45) is 0. The Bertz CT molecular complexity index is 543. The molecule has 0 radical (unpaired) electrons. The number of carbonyl (C=O) groups excluding carboxylic acids is 1. The molecular formula is C11H8N2O. The zero-order valence-corrected chi connectivity index (χ0v) is 7.40. The van der Waals surface area contributed by atoms with Crippen molar-refractivity contribution < 1.29 is 4.79 Å². The molecule has 2 aromatic rings. The van der Waals surface area contributed by atoms with Crippen molar-refractivity contribution in [2.75, 3.05) is 5.01 Å². The lowest BCUT2D eigenvalue weighted by Gasteiger charge is -2.08. The van der Waals surface area contributed by atoms with E-state index in [1.54, 1.807) is 6.07 Å². The Morgan fingerprint density at radius 2 is 1.79 bits per heavy atom. The molecule has 68 valence electrons. The Hall–Kier alpha value is -1.87. The van der Waals surface area contributed by atoms with Gasteiger partial charge in [0.1, 0.15) is 0 Å². The van der Waals surface area contributed by atoms with E-state index in [0.29, 0.717) is 5.56 Å². The van der Waals surface area contributed by atoms with Gasteiger partial charge in [-0.25, -0.2) is 10.9 Å². The van der Waals surface area contributed by atoms with Gasteiger partial charge in [0.05, 0.1) is 11.3 Å². The molecule has 1 heterocycles. The Labute approximate surface area is 80.7 Å². The van der Waals surface area contributed by atoms with E-state index in [9.17, 15) is 4.79 Å². The molecule has 3 rings (SSSR count). The van der Waals surface area contributed by atoms with Gasteiger partial charge in [-0.15, -0.1) is 0 Å². The predicted octanol–water partition coefficient (Wildman–Crippen LogP) is 1.67. The van der Waals surface area contributed by atoms with Crippen LogP contribution in [-0.2, 0) is 0 Å². The quantitative estimate of drug-likeness (QED) is 0.500. The number of carbonyl (C=O) groups is 1. The number of anilines is 1. The number of nitrogens with zero attached hydrogens (tertiary/aromatic N) is 1. The average Bonchev–Trinajstić information content (AvgIpc) is 2.47. The lowest BCUT2D eigenvalue weighted by molar-refractivity contribution is 0.0993. The third-order valence-corrected chi connectivity index (χ3v) is 2.59. The molecule has 1 aliphatic heterocycles. The van der Waals surface area contributed by atoms with Crippen LogP contribution in [0, 0.1) is 0 Å². The van der Waals surface area contributed by atoms with Crippen molar-refractivity contribution in [3.8, 4) is 0 Å². The Morgan fingerprint density at radius 1 is 1.07 bits per heavy atom. The van der Waals surface area contributed by atoms with Crippen molar-refractivity contribution in [1.82, 2.24) is 0 Å². The molecular weight excluding hydrogens is 176 g/mol. The minimum absolute atomic E-state index is 0.128. The molecule has 0 bridgehead atoms. The van der Waals surface area contributed by atoms with E-state index in [4.69, 9.17) is 5.84 Å². The van der Waals surface area contributed by atoms with Crippen molar-refractivity contribution >= 4 is 22.4 Å². The minimum atomic E-state index is -0.128. The Kier molecular flexibility index (Phi) is 1.25. The first kappa shape index (κ1) is 7.53. The summed E-state index contributed by atoms with van der Waals surface area (Å²) in [6, 6.07) is 11.4. The highest BCUT2D eigenvalue weighted by Gasteiger charge is 2.26. The van der Waals surface area contributed by atoms with Crippen LogP contribution < -0.4 is 10.9 Å². The zero-order chi connectivity index (χ0) is 9.71. The van der Waals surface area contributed by atoms with Crippen LogP contribution in [0.3, 0.4) is 0 Å². The monoisotopic (exact) mass is 184 g/mol. The van der Waals surface area contributed by atoms with Crippen LogP contribution in [0.25, 0.3) is 10.8 Å². The molecule has 0 fully saturated rings. The number of benzene rings is 2. The van der Waals surface area contributed by atoms with Crippen LogP contribution in [0.4, 0.5) is 5.69 Å². The van der Waals surface area contributed by atoms with Gasteiger partial charge in [-0.3, -0.25) is 4.79 Å². The minimum Gasteiger partial charge on any atom is -0.267 e. The molecule has 2 aromatic carbocycles. The lowest BCUT2D eigenvalue weighted by Crippen LogP contribution is -2.33. The van der Waals surface area contributed by atoms with Crippen LogP contribution in [0.1, 0.15) is 10.4 Å². The fourth-order valence-electron chi connectivity index (χ4n) is 1.94. The Morgan fingerprint density at radius 3 is 2.57 bits per heavy atom. The molecule has 0 unspecified atom stereocenters. The van der Waals surface area contributed by atoms with Crippen molar-refractivity contribution in [2.24, 2.45) is 5.84 Å². The molecule has 1 amide bonds. The van der Waals surface area contributed by atoms with Gasteiger partial charge in [0.15, 0.2) is 0 Å². The molecule has 3 heteroatoms. The van der Waals surface area contributed by atoms with E-state index in [1.165, 1.54) is 5.01 Å². The second kappa shape index (κ2) is 2.33. The molecule has 0 aliphatic carbocycles. The number of hydrogen-bond donors (Lipinski definition) is 1. The second-order valence-corrected chi connectivity index (χ2v) is 3.36. The number of nitrogens with two attached hydrogens (primary N) is 1. The summed E-state index contributed by atoms with van der Waals surface area (Å²) in [5.74, 6) is 5.54. The molecule has 0 saturated heterocycles. The maximum atomic E-state index is 11.7. The standard InChI is InChI=1S/C11H8N2O/c12-13-9-6-2-4-7-3-1-5-8(10(7)9)11(13)14/h1-6H,12H2. The van der Waals surface area contributed by atoms with E-state index >= 15 is 0 Å². The summed E-state index contributed by atoms with van der Waals surface area (Å²) >= 11 is 0. The van der Waals surface area contributed by atoms with Gasteiger partial charge in [-0.05, 0) is 17.5 Å². The summed E-state index contributed by atoms with van der Waals surface area (Å²) in [6.45, 7) is 0. The smallest absolute Gasteiger partial charge is 0.267 e. The molecule has 0 atom stereocenters. The maximum absolute atomic E-state index is 11.7. The zero-order valence-electron chi connectivity index (χ0n) is 7.40. The summed E-state index contributed by atoms with van der Waals surface area (Å²) in [4.78, 5) is 11.7. The SMILES string of the molecule is NN1C(=O)c2cccc3cccc1c23. The first-order chi connectivity index (χ1) is 6.79. The summed E-state index contributed by atoms with van der Waals surface area (Å²) in [7, 11) is 0. The molecule has 0 saturated carbocycles. The van der Waals surface area contributed by atoms with Crippen LogP contribution in [0.5, 0.6) is 0 Å². The topological polar surface area (TPSA) is 46.3 Å². The number of hydrogen-bond acceptors (Lipinski definition) is 2. The summed E-state index contributed by atoms with van der Waals surface area (Å²) < 4.78 is 0. The van der Waals surface area contributed by atoms with Gasteiger partial charge in [-0.2, -0.15) is 0 Å². The van der Waals surface area contributed by atoms with Crippen molar-refractivity contribution in [3.63, 3.8) is 0 Å². The van der Waals surface area contributed by atoms with E-state index in [0.717, 1.165) is 16.5 Å². The molecule has 3 nitrogen and oxygen atoms in total. The lowest BCUT2D eigenvalue weighted by atomic mass is 10.1. The van der Waals surface area contributed by atoms with Crippen molar-refractivity contribution in [3.05, 3.63) is 42.0 Å². The van der Waals surface area contributed by atoms with E-state index in [-0.39, 0.29) is 5.91 Å². The normalized spacial score (nSPS) is 14.1. The third kappa shape index (κ3) is 0.725. The number of rotatable bonds is 0. The van der Waals surface area contributed by atoms with Crippen molar-refractivity contribution in [2.45, 2.75) is 0 Å². The van der Waals surface area contributed by atoms with Crippen molar-refractivity contribution in [1.29, 1.82) is 0 Å². The summed E-state index contributed by atoms with van der Waals surface area (Å²) in [5, 5.41) is 3.22. The van der Waals surface area contributed by atoms with E-state index in [1.807, 2.05) is 30.3 Å².